The van der Waals surface area contributed by atoms with E-state index >= 15 is 0 Å². The van der Waals surface area contributed by atoms with E-state index in [1.165, 1.54) is 9.78 Å². The molecule has 1 heterocycles. The first-order valence-electron chi connectivity index (χ1n) is 7.13. The van der Waals surface area contributed by atoms with Gasteiger partial charge in [-0.3, -0.25) is 9.59 Å². The maximum atomic E-state index is 12.6. The summed E-state index contributed by atoms with van der Waals surface area (Å²) in [5, 5.41) is 10.9. The van der Waals surface area contributed by atoms with E-state index in [0.29, 0.717) is 12.5 Å². The molecule has 20 heavy (non-hydrogen) atoms. The predicted octanol–water partition coefficient (Wildman–Crippen LogP) is 2.81. The quantitative estimate of drug-likeness (QED) is 0.908. The number of thiophene rings is 1. The van der Waals surface area contributed by atoms with Crippen molar-refractivity contribution in [2.24, 2.45) is 5.92 Å². The molecule has 0 radical (unpaired) electrons. The number of aliphatic carboxylic acids is 1. The summed E-state index contributed by atoms with van der Waals surface area (Å²) in [5.41, 5.74) is 1.89. The summed E-state index contributed by atoms with van der Waals surface area (Å²) in [6.45, 7) is 4.46. The lowest BCUT2D eigenvalue weighted by Gasteiger charge is -2.22. The minimum atomic E-state index is -0.954. The molecule has 1 unspecified atom stereocenters. The van der Waals surface area contributed by atoms with E-state index in [-0.39, 0.29) is 12.5 Å². The van der Waals surface area contributed by atoms with E-state index in [0.717, 1.165) is 36.8 Å². The number of hydrogen-bond acceptors (Lipinski definition) is 3. The van der Waals surface area contributed by atoms with Crippen LogP contribution in [0.5, 0.6) is 0 Å². The number of carboxylic acid groups (broad SMARTS) is 1. The lowest BCUT2D eigenvalue weighted by molar-refractivity contribution is -0.137. The molecule has 4 nitrogen and oxygen atoms in total. The summed E-state index contributed by atoms with van der Waals surface area (Å²) in [4.78, 5) is 26.2. The lowest BCUT2D eigenvalue weighted by Crippen LogP contribution is -2.36. The maximum Gasteiger partial charge on any atom is 0.323 e. The van der Waals surface area contributed by atoms with Gasteiger partial charge in [0, 0.05) is 16.8 Å². The molecule has 0 saturated carbocycles. The molecule has 1 N–H and O–H groups in total. The molecule has 5 heteroatoms. The largest absolute Gasteiger partial charge is 0.480 e. The van der Waals surface area contributed by atoms with Gasteiger partial charge in [-0.05, 0) is 37.2 Å². The SMILES string of the molecule is CCCN(CC(=O)O)C(=O)c1csc2c1CCC(C)C2. The fourth-order valence-corrected chi connectivity index (χ4v) is 3.95. The molecule has 0 bridgehead atoms. The van der Waals surface area contributed by atoms with Crippen LogP contribution in [0.3, 0.4) is 0 Å². The first-order valence-corrected chi connectivity index (χ1v) is 8.01. The Morgan fingerprint density at radius 1 is 1.50 bits per heavy atom. The van der Waals surface area contributed by atoms with Gasteiger partial charge in [-0.15, -0.1) is 11.3 Å². The Morgan fingerprint density at radius 2 is 2.25 bits per heavy atom. The van der Waals surface area contributed by atoms with Crippen molar-refractivity contribution in [2.45, 2.75) is 39.5 Å². The molecule has 0 spiro atoms. The van der Waals surface area contributed by atoms with Crippen LogP contribution in [0.15, 0.2) is 5.38 Å². The van der Waals surface area contributed by atoms with Gasteiger partial charge in [0.05, 0.1) is 5.56 Å². The van der Waals surface area contributed by atoms with Gasteiger partial charge < -0.3 is 10.0 Å². The lowest BCUT2D eigenvalue weighted by atomic mass is 9.88. The molecule has 0 aromatic carbocycles. The molecule has 1 atom stereocenters. The first kappa shape index (κ1) is 15.0. The first-order chi connectivity index (χ1) is 9.52. The monoisotopic (exact) mass is 295 g/mol. The molecule has 2 rings (SSSR count). The van der Waals surface area contributed by atoms with Crippen molar-refractivity contribution in [1.29, 1.82) is 0 Å². The number of amides is 1. The standard InChI is InChI=1S/C15H21NO3S/c1-3-6-16(8-14(17)18)15(19)12-9-20-13-7-10(2)4-5-11(12)13/h9-10H,3-8H2,1-2H3,(H,17,18). The van der Waals surface area contributed by atoms with Gasteiger partial charge in [0.1, 0.15) is 6.54 Å². The Labute approximate surface area is 123 Å². The van der Waals surface area contributed by atoms with Crippen molar-refractivity contribution in [3.8, 4) is 0 Å². The van der Waals surface area contributed by atoms with Crippen LogP contribution < -0.4 is 0 Å². The number of carbonyl (C=O) groups is 2. The Balaban J connectivity index is 2.21. The van der Waals surface area contributed by atoms with Crippen molar-refractivity contribution in [2.75, 3.05) is 13.1 Å². The van der Waals surface area contributed by atoms with Gasteiger partial charge >= 0.3 is 5.97 Å². The Kier molecular flexibility index (Phi) is 4.81. The average Bonchev–Trinajstić information content (AvgIpc) is 2.79. The van der Waals surface area contributed by atoms with Gasteiger partial charge in [-0.25, -0.2) is 0 Å². The fraction of sp³-hybridized carbons (Fsp3) is 0.600. The number of nitrogens with zero attached hydrogens (tertiary/aromatic N) is 1. The highest BCUT2D eigenvalue weighted by molar-refractivity contribution is 7.10. The zero-order valence-electron chi connectivity index (χ0n) is 12.0. The molecule has 0 fully saturated rings. The molecule has 0 saturated heterocycles. The van der Waals surface area contributed by atoms with Crippen molar-refractivity contribution >= 4 is 23.2 Å². The predicted molar refractivity (Wildman–Crippen MR) is 79.3 cm³/mol. The second-order valence-electron chi connectivity index (χ2n) is 5.52. The fourth-order valence-electron chi connectivity index (χ4n) is 2.71. The van der Waals surface area contributed by atoms with Gasteiger partial charge in [0.15, 0.2) is 0 Å². The molecule has 1 aromatic rings. The van der Waals surface area contributed by atoms with E-state index in [2.05, 4.69) is 6.92 Å². The van der Waals surface area contributed by atoms with Crippen molar-refractivity contribution < 1.29 is 14.7 Å². The third-order valence-electron chi connectivity index (χ3n) is 3.74. The van der Waals surface area contributed by atoms with E-state index in [1.54, 1.807) is 11.3 Å². The van der Waals surface area contributed by atoms with Gasteiger partial charge in [-0.1, -0.05) is 13.8 Å². The molecule has 110 valence electrons. The molecule has 1 aromatic heterocycles. The highest BCUT2D eigenvalue weighted by atomic mass is 32.1. The summed E-state index contributed by atoms with van der Waals surface area (Å²) >= 11 is 1.64. The third-order valence-corrected chi connectivity index (χ3v) is 4.79. The number of fused-ring (bicyclic) bond motifs is 1. The summed E-state index contributed by atoms with van der Waals surface area (Å²) < 4.78 is 0. The van der Waals surface area contributed by atoms with E-state index in [9.17, 15) is 9.59 Å². The maximum absolute atomic E-state index is 12.6. The molecule has 0 aliphatic heterocycles. The van der Waals surface area contributed by atoms with E-state index < -0.39 is 5.97 Å². The highest BCUT2D eigenvalue weighted by Crippen LogP contribution is 2.33. The molecule has 1 amide bonds. The van der Waals surface area contributed by atoms with Gasteiger partial charge in [0.25, 0.3) is 5.91 Å². The van der Waals surface area contributed by atoms with Gasteiger partial charge in [-0.2, -0.15) is 0 Å². The third kappa shape index (κ3) is 3.20. The van der Waals surface area contributed by atoms with Crippen LogP contribution in [0.1, 0.15) is 47.5 Å². The van der Waals surface area contributed by atoms with Gasteiger partial charge in [0.2, 0.25) is 0 Å². The highest BCUT2D eigenvalue weighted by Gasteiger charge is 2.26. The number of rotatable bonds is 5. The average molecular weight is 295 g/mol. The summed E-state index contributed by atoms with van der Waals surface area (Å²) in [7, 11) is 0. The van der Waals surface area contributed by atoms with Crippen molar-refractivity contribution in [3.63, 3.8) is 0 Å². The topological polar surface area (TPSA) is 57.6 Å². The Hall–Kier alpha value is -1.36. The van der Waals surface area contributed by atoms with Crippen molar-refractivity contribution in [1.82, 2.24) is 4.90 Å². The minimum absolute atomic E-state index is 0.124. The Morgan fingerprint density at radius 3 is 2.90 bits per heavy atom. The second kappa shape index (κ2) is 6.39. The molecular weight excluding hydrogens is 274 g/mol. The summed E-state index contributed by atoms with van der Waals surface area (Å²) in [6.07, 6.45) is 3.85. The smallest absolute Gasteiger partial charge is 0.323 e. The molecular formula is C15H21NO3S. The number of carboxylic acids is 1. The van der Waals surface area contributed by atoms with E-state index in [1.807, 2.05) is 12.3 Å². The number of hydrogen-bond donors (Lipinski definition) is 1. The molecule has 1 aliphatic rings. The Bertz CT molecular complexity index is 509. The van der Waals surface area contributed by atoms with Crippen LogP contribution in [0.2, 0.25) is 0 Å². The van der Waals surface area contributed by atoms with Crippen LogP contribution in [0.25, 0.3) is 0 Å². The summed E-state index contributed by atoms with van der Waals surface area (Å²) in [5.74, 6) is -0.402. The zero-order chi connectivity index (χ0) is 14.7. The minimum Gasteiger partial charge on any atom is -0.480 e. The second-order valence-corrected chi connectivity index (χ2v) is 6.48. The van der Waals surface area contributed by atoms with Crippen LogP contribution in [0.4, 0.5) is 0 Å². The number of carbonyl (C=O) groups excluding carboxylic acids is 1. The van der Waals surface area contributed by atoms with Crippen LogP contribution in [-0.4, -0.2) is 35.0 Å². The molecule has 1 aliphatic carbocycles. The van der Waals surface area contributed by atoms with Crippen molar-refractivity contribution in [3.05, 3.63) is 21.4 Å². The normalized spacial score (nSPS) is 17.6. The van der Waals surface area contributed by atoms with Crippen LogP contribution in [-0.2, 0) is 17.6 Å². The summed E-state index contributed by atoms with van der Waals surface area (Å²) in [6, 6.07) is 0. The van der Waals surface area contributed by atoms with E-state index in [4.69, 9.17) is 5.11 Å². The zero-order valence-corrected chi connectivity index (χ0v) is 12.8. The van der Waals surface area contributed by atoms with Crippen LogP contribution >= 0.6 is 11.3 Å². The van der Waals surface area contributed by atoms with Crippen LogP contribution in [0, 0.1) is 5.92 Å².